The molecule has 0 aromatic carbocycles. The van der Waals surface area contributed by atoms with Crippen LogP contribution in [-0.4, -0.2) is 0 Å². The van der Waals surface area contributed by atoms with Crippen LogP contribution in [0.3, 0.4) is 0 Å². The molecular weight excluding hydrogens is 239 g/mol. The molecular formula is C16H30OP. The van der Waals surface area contributed by atoms with Crippen molar-refractivity contribution in [3.8, 4) is 0 Å². The normalized spacial score (nSPS) is 21.2. The molecule has 0 spiro atoms. The molecule has 0 fully saturated rings. The summed E-state index contributed by atoms with van der Waals surface area (Å²) in [5, 5.41) is 0. The summed E-state index contributed by atoms with van der Waals surface area (Å²) in [5.41, 5.74) is 1.78. The number of allylic oxidation sites excluding steroid dienone is 2. The molecule has 0 aliphatic heterocycles. The lowest BCUT2D eigenvalue weighted by atomic mass is 9.71. The van der Waals surface area contributed by atoms with E-state index in [1.807, 2.05) is 13.8 Å². The highest BCUT2D eigenvalue weighted by Crippen LogP contribution is 2.43. The van der Waals surface area contributed by atoms with Crippen LogP contribution >= 0.6 is 9.47 Å². The molecule has 0 amide bonds. The van der Waals surface area contributed by atoms with Gasteiger partial charge in [-0.2, -0.15) is 0 Å². The molecule has 1 aliphatic rings. The molecule has 2 heteroatoms. The molecule has 0 heterocycles. The molecule has 1 rings (SSSR count). The molecule has 0 bridgehead atoms. The Labute approximate surface area is 116 Å². The highest BCUT2D eigenvalue weighted by molar-refractivity contribution is 7.10. The smallest absolute Gasteiger partial charge is 0.130 e. The van der Waals surface area contributed by atoms with Crippen molar-refractivity contribution in [2.24, 2.45) is 16.7 Å². The zero-order valence-corrected chi connectivity index (χ0v) is 14.4. The molecule has 105 valence electrons. The van der Waals surface area contributed by atoms with Gasteiger partial charge in [0.2, 0.25) is 0 Å². The standard InChI is InChI=1S/C14H24OP.C2H6/c1-13(2,3)10-7-8-12(15-16)11(9-10)14(4,5)6;1-2/h7-9,11H,16H2,1-6H3;1-2H3. The van der Waals surface area contributed by atoms with E-state index in [9.17, 15) is 0 Å². The average molecular weight is 269 g/mol. The fraction of sp³-hybridized carbons (Fsp3) is 0.688. The second-order valence-corrected chi connectivity index (χ2v) is 6.80. The fourth-order valence-corrected chi connectivity index (χ4v) is 2.11. The first-order valence-electron chi connectivity index (χ1n) is 6.80. The van der Waals surface area contributed by atoms with Gasteiger partial charge in [-0.05, 0) is 22.5 Å². The van der Waals surface area contributed by atoms with E-state index < -0.39 is 0 Å². The maximum absolute atomic E-state index is 5.39. The van der Waals surface area contributed by atoms with Crippen molar-refractivity contribution in [3.63, 3.8) is 0 Å². The van der Waals surface area contributed by atoms with Crippen molar-refractivity contribution in [1.29, 1.82) is 0 Å². The Morgan fingerprint density at radius 1 is 1.00 bits per heavy atom. The Balaban J connectivity index is 0.00000137. The van der Waals surface area contributed by atoms with Crippen molar-refractivity contribution >= 4 is 9.47 Å². The van der Waals surface area contributed by atoms with Crippen LogP contribution in [0.25, 0.3) is 0 Å². The third-order valence-electron chi connectivity index (χ3n) is 3.02. The van der Waals surface area contributed by atoms with Crippen LogP contribution in [0.2, 0.25) is 0 Å². The van der Waals surface area contributed by atoms with Gasteiger partial charge in [0.25, 0.3) is 0 Å². The molecule has 0 aromatic heterocycles. The van der Waals surface area contributed by atoms with E-state index in [0.29, 0.717) is 5.92 Å². The second kappa shape index (κ2) is 6.87. The quantitative estimate of drug-likeness (QED) is 0.566. The van der Waals surface area contributed by atoms with Gasteiger partial charge in [0.15, 0.2) is 0 Å². The van der Waals surface area contributed by atoms with Crippen LogP contribution in [0, 0.1) is 22.9 Å². The average Bonchev–Trinajstić information content (AvgIpc) is 2.28. The molecule has 2 atom stereocenters. The maximum atomic E-state index is 5.39. The molecule has 1 aliphatic carbocycles. The van der Waals surface area contributed by atoms with Crippen LogP contribution in [0.1, 0.15) is 55.4 Å². The fourth-order valence-electron chi connectivity index (χ4n) is 1.88. The first kappa shape index (κ1) is 17.9. The number of hydrogen-bond acceptors (Lipinski definition) is 1. The Hall–Kier alpha value is -0.130. The van der Waals surface area contributed by atoms with Gasteiger partial charge in [0.05, 0.1) is 0 Å². The molecule has 18 heavy (non-hydrogen) atoms. The van der Waals surface area contributed by atoms with Gasteiger partial charge in [-0.1, -0.05) is 67.5 Å². The SMILES string of the molecule is CC.CC(C)(C)C1=CC(C(C)(C)C)[C](OP)C=C1. The third-order valence-corrected chi connectivity index (χ3v) is 3.29. The summed E-state index contributed by atoms with van der Waals surface area (Å²) in [6.45, 7) is 17.5. The minimum absolute atomic E-state index is 0.188. The first-order valence-corrected chi connectivity index (χ1v) is 7.27. The van der Waals surface area contributed by atoms with Gasteiger partial charge in [0.1, 0.15) is 6.10 Å². The van der Waals surface area contributed by atoms with Gasteiger partial charge in [-0.15, -0.1) is 0 Å². The number of hydrogen-bond donors (Lipinski definition) is 0. The molecule has 0 saturated carbocycles. The Morgan fingerprint density at radius 3 is 1.83 bits per heavy atom. The molecule has 0 aromatic rings. The van der Waals surface area contributed by atoms with E-state index in [0.717, 1.165) is 6.10 Å². The largest absolute Gasteiger partial charge is 0.351 e. The van der Waals surface area contributed by atoms with Crippen LogP contribution in [0.4, 0.5) is 0 Å². The van der Waals surface area contributed by atoms with Crippen LogP contribution in [0.5, 0.6) is 0 Å². The molecule has 1 radical (unpaired) electrons. The molecule has 1 nitrogen and oxygen atoms in total. The minimum Gasteiger partial charge on any atom is -0.351 e. The van der Waals surface area contributed by atoms with Crippen LogP contribution < -0.4 is 0 Å². The molecule has 2 unspecified atom stereocenters. The van der Waals surface area contributed by atoms with Gasteiger partial charge >= 0.3 is 0 Å². The van der Waals surface area contributed by atoms with Crippen molar-refractivity contribution in [1.82, 2.24) is 0 Å². The lowest BCUT2D eigenvalue weighted by Crippen LogP contribution is -2.28. The summed E-state index contributed by atoms with van der Waals surface area (Å²) in [4.78, 5) is 0. The monoisotopic (exact) mass is 269 g/mol. The van der Waals surface area contributed by atoms with E-state index >= 15 is 0 Å². The zero-order valence-electron chi connectivity index (χ0n) is 13.3. The second-order valence-electron chi connectivity index (χ2n) is 6.57. The summed E-state index contributed by atoms with van der Waals surface area (Å²) in [6, 6.07) is 0. The third kappa shape index (κ3) is 4.86. The van der Waals surface area contributed by atoms with Crippen LogP contribution in [0.15, 0.2) is 23.8 Å². The van der Waals surface area contributed by atoms with E-state index in [1.165, 1.54) is 5.57 Å². The van der Waals surface area contributed by atoms with Crippen molar-refractivity contribution in [2.45, 2.75) is 55.4 Å². The van der Waals surface area contributed by atoms with Crippen molar-refractivity contribution in [3.05, 3.63) is 29.9 Å². The Morgan fingerprint density at radius 2 is 1.50 bits per heavy atom. The maximum Gasteiger partial charge on any atom is 0.130 e. The molecule has 0 saturated heterocycles. The van der Waals surface area contributed by atoms with E-state index in [-0.39, 0.29) is 10.8 Å². The van der Waals surface area contributed by atoms with E-state index in [4.69, 9.17) is 4.52 Å². The summed E-state index contributed by atoms with van der Waals surface area (Å²) in [7, 11) is 2.35. The Bertz CT molecular complexity index is 302. The van der Waals surface area contributed by atoms with Gasteiger partial charge < -0.3 is 4.52 Å². The summed E-state index contributed by atoms with van der Waals surface area (Å²) in [6.07, 6.45) is 7.65. The highest BCUT2D eigenvalue weighted by atomic mass is 31.0. The highest BCUT2D eigenvalue weighted by Gasteiger charge is 2.34. The zero-order chi connectivity index (χ0) is 14.6. The van der Waals surface area contributed by atoms with Crippen molar-refractivity contribution in [2.75, 3.05) is 0 Å². The summed E-state index contributed by atoms with van der Waals surface area (Å²) < 4.78 is 5.39. The first-order chi connectivity index (χ1) is 8.16. The Kier molecular flexibility index (Phi) is 6.82. The van der Waals surface area contributed by atoms with Crippen LogP contribution in [-0.2, 0) is 4.52 Å². The van der Waals surface area contributed by atoms with E-state index in [1.54, 1.807) is 0 Å². The summed E-state index contributed by atoms with van der Waals surface area (Å²) >= 11 is 0. The van der Waals surface area contributed by atoms with Crippen molar-refractivity contribution < 1.29 is 4.52 Å². The lowest BCUT2D eigenvalue weighted by molar-refractivity contribution is 0.220. The lowest BCUT2D eigenvalue weighted by Gasteiger charge is -2.36. The predicted octanol–water partition coefficient (Wildman–Crippen LogP) is 5.56. The predicted molar refractivity (Wildman–Crippen MR) is 85.0 cm³/mol. The topological polar surface area (TPSA) is 9.23 Å². The molecule has 0 N–H and O–H groups in total. The van der Waals surface area contributed by atoms with Gasteiger partial charge in [0, 0.05) is 15.4 Å². The summed E-state index contributed by atoms with van der Waals surface area (Å²) in [5.74, 6) is 0.351. The van der Waals surface area contributed by atoms with Gasteiger partial charge in [-0.25, -0.2) is 0 Å². The van der Waals surface area contributed by atoms with Gasteiger partial charge in [-0.3, -0.25) is 0 Å². The number of rotatable bonds is 1. The van der Waals surface area contributed by atoms with E-state index in [2.05, 4.69) is 69.2 Å². The minimum atomic E-state index is 0.188.